The van der Waals surface area contributed by atoms with Crippen LogP contribution in [-0.4, -0.2) is 38.2 Å². The highest BCUT2D eigenvalue weighted by atomic mass is 35.5. The van der Waals surface area contributed by atoms with Crippen LogP contribution in [0.3, 0.4) is 0 Å². The van der Waals surface area contributed by atoms with E-state index in [4.69, 9.17) is 21.1 Å². The number of aliphatic imine (C=N–C) groups is 1. The Morgan fingerprint density at radius 3 is 2.53 bits per heavy atom. The summed E-state index contributed by atoms with van der Waals surface area (Å²) in [6, 6.07) is 12.9. The first kappa shape index (κ1) is 23.3. The third-order valence-corrected chi connectivity index (χ3v) is 4.30. The van der Waals surface area contributed by atoms with E-state index >= 15 is 0 Å². The van der Waals surface area contributed by atoms with Crippen LogP contribution < -0.4 is 25.4 Å². The Morgan fingerprint density at radius 2 is 1.90 bits per heavy atom. The summed E-state index contributed by atoms with van der Waals surface area (Å²) in [6.07, 6.45) is -0.0672. The van der Waals surface area contributed by atoms with Gasteiger partial charge in [-0.05, 0) is 55.8 Å². The number of amides is 1. The zero-order valence-electron chi connectivity index (χ0n) is 17.8. The SMILES string of the molecule is CCNC(=NCc1ccc(OC)c(NC(C)=O)c1)NCC(C)Oc1ccc(Cl)cc1. The predicted octanol–water partition coefficient (Wildman–Crippen LogP) is 3.83. The lowest BCUT2D eigenvalue weighted by molar-refractivity contribution is -0.114. The highest BCUT2D eigenvalue weighted by Crippen LogP contribution is 2.25. The maximum atomic E-state index is 11.4. The highest BCUT2D eigenvalue weighted by Gasteiger charge is 2.08. The second kappa shape index (κ2) is 11.9. The Balaban J connectivity index is 1.98. The van der Waals surface area contributed by atoms with Crippen molar-refractivity contribution in [2.45, 2.75) is 33.4 Å². The molecule has 0 aliphatic rings. The van der Waals surface area contributed by atoms with Gasteiger partial charge in [-0.2, -0.15) is 0 Å². The monoisotopic (exact) mass is 432 g/mol. The number of nitrogens with one attached hydrogen (secondary N) is 3. The molecule has 2 rings (SSSR count). The van der Waals surface area contributed by atoms with Gasteiger partial charge in [0.25, 0.3) is 0 Å². The summed E-state index contributed by atoms with van der Waals surface area (Å²) in [5, 5.41) is 9.96. The van der Waals surface area contributed by atoms with Gasteiger partial charge in [0.05, 0.1) is 25.9 Å². The molecular formula is C22H29ClN4O3. The van der Waals surface area contributed by atoms with Gasteiger partial charge < -0.3 is 25.4 Å². The molecule has 0 bridgehead atoms. The van der Waals surface area contributed by atoms with Gasteiger partial charge in [0.15, 0.2) is 5.96 Å². The van der Waals surface area contributed by atoms with Gasteiger partial charge in [0.1, 0.15) is 17.6 Å². The standard InChI is InChI=1S/C22H29ClN4O3/c1-5-24-22(25-13-15(2)30-19-9-7-18(23)8-10-19)26-14-17-6-11-21(29-4)20(12-17)27-16(3)28/h6-12,15H,5,13-14H2,1-4H3,(H,27,28)(H2,24,25,26). The lowest BCUT2D eigenvalue weighted by Crippen LogP contribution is -2.41. The van der Waals surface area contributed by atoms with Crippen molar-refractivity contribution in [2.75, 3.05) is 25.5 Å². The second-order valence-corrected chi connectivity index (χ2v) is 7.11. The van der Waals surface area contributed by atoms with Gasteiger partial charge in [-0.1, -0.05) is 17.7 Å². The highest BCUT2D eigenvalue weighted by molar-refractivity contribution is 6.30. The lowest BCUT2D eigenvalue weighted by Gasteiger charge is -2.18. The van der Waals surface area contributed by atoms with Gasteiger partial charge >= 0.3 is 0 Å². The molecule has 0 radical (unpaired) electrons. The van der Waals surface area contributed by atoms with Crippen LogP contribution in [0.2, 0.25) is 5.02 Å². The molecule has 8 heteroatoms. The second-order valence-electron chi connectivity index (χ2n) is 6.67. The van der Waals surface area contributed by atoms with Crippen LogP contribution in [0.15, 0.2) is 47.5 Å². The molecule has 30 heavy (non-hydrogen) atoms. The molecule has 0 spiro atoms. The first-order valence-electron chi connectivity index (χ1n) is 9.80. The fourth-order valence-electron chi connectivity index (χ4n) is 2.68. The first-order valence-corrected chi connectivity index (χ1v) is 10.2. The Morgan fingerprint density at radius 1 is 1.17 bits per heavy atom. The number of halogens is 1. The molecule has 1 unspecified atom stereocenters. The number of anilines is 1. The molecule has 0 saturated heterocycles. The molecule has 0 fully saturated rings. The van der Waals surface area contributed by atoms with E-state index in [1.807, 2.05) is 44.2 Å². The van der Waals surface area contributed by atoms with E-state index in [0.29, 0.717) is 35.5 Å². The molecule has 2 aromatic rings. The zero-order chi connectivity index (χ0) is 21.9. The Bertz CT molecular complexity index is 856. The maximum absolute atomic E-state index is 11.4. The molecule has 3 N–H and O–H groups in total. The van der Waals surface area contributed by atoms with Crippen LogP contribution in [0.1, 0.15) is 26.3 Å². The van der Waals surface area contributed by atoms with Crippen molar-refractivity contribution in [3.8, 4) is 11.5 Å². The minimum atomic E-state index is -0.154. The van der Waals surface area contributed by atoms with E-state index in [0.717, 1.165) is 17.9 Å². The van der Waals surface area contributed by atoms with Gasteiger partial charge in [0, 0.05) is 18.5 Å². The number of carbonyl (C=O) groups excluding carboxylic acids is 1. The summed E-state index contributed by atoms with van der Waals surface area (Å²) >= 11 is 5.90. The van der Waals surface area contributed by atoms with E-state index in [1.165, 1.54) is 6.92 Å². The van der Waals surface area contributed by atoms with E-state index in [9.17, 15) is 4.79 Å². The average Bonchev–Trinajstić information content (AvgIpc) is 2.71. The molecule has 0 aliphatic heterocycles. The Hall–Kier alpha value is -2.93. The van der Waals surface area contributed by atoms with Crippen molar-refractivity contribution in [3.63, 3.8) is 0 Å². The third kappa shape index (κ3) is 7.83. The summed E-state index contributed by atoms with van der Waals surface area (Å²) in [6.45, 7) is 7.21. The topological polar surface area (TPSA) is 84.0 Å². The number of methoxy groups -OCH3 is 1. The van der Waals surface area contributed by atoms with Gasteiger partial charge in [-0.25, -0.2) is 4.99 Å². The predicted molar refractivity (Wildman–Crippen MR) is 122 cm³/mol. The number of rotatable bonds is 9. The smallest absolute Gasteiger partial charge is 0.221 e. The van der Waals surface area contributed by atoms with Gasteiger partial charge in [0.2, 0.25) is 5.91 Å². The van der Waals surface area contributed by atoms with Crippen molar-refractivity contribution in [1.29, 1.82) is 0 Å². The number of ether oxygens (including phenoxy) is 2. The van der Waals surface area contributed by atoms with Crippen LogP contribution in [0.25, 0.3) is 0 Å². The summed E-state index contributed by atoms with van der Waals surface area (Å²) in [4.78, 5) is 16.0. The summed E-state index contributed by atoms with van der Waals surface area (Å²) in [5.74, 6) is 1.90. The van der Waals surface area contributed by atoms with E-state index < -0.39 is 0 Å². The number of benzene rings is 2. The van der Waals surface area contributed by atoms with Crippen molar-refractivity contribution in [1.82, 2.24) is 10.6 Å². The number of nitrogens with zero attached hydrogens (tertiary/aromatic N) is 1. The summed E-state index contributed by atoms with van der Waals surface area (Å²) in [7, 11) is 1.57. The van der Waals surface area contributed by atoms with Gasteiger partial charge in [-0.3, -0.25) is 4.79 Å². The van der Waals surface area contributed by atoms with Crippen LogP contribution in [-0.2, 0) is 11.3 Å². The van der Waals surface area contributed by atoms with Crippen molar-refractivity contribution in [3.05, 3.63) is 53.1 Å². The maximum Gasteiger partial charge on any atom is 0.221 e. The van der Waals surface area contributed by atoms with Crippen molar-refractivity contribution in [2.24, 2.45) is 4.99 Å². The minimum absolute atomic E-state index is 0.0672. The average molecular weight is 433 g/mol. The number of guanidine groups is 1. The fourth-order valence-corrected chi connectivity index (χ4v) is 2.81. The molecular weight excluding hydrogens is 404 g/mol. The van der Waals surface area contributed by atoms with Crippen LogP contribution in [0.5, 0.6) is 11.5 Å². The van der Waals surface area contributed by atoms with Crippen LogP contribution >= 0.6 is 11.6 Å². The van der Waals surface area contributed by atoms with Gasteiger partial charge in [-0.15, -0.1) is 0 Å². The Labute approximate surface area is 182 Å². The molecule has 0 heterocycles. The summed E-state index contributed by atoms with van der Waals surface area (Å²) < 4.78 is 11.2. The van der Waals surface area contributed by atoms with E-state index in [2.05, 4.69) is 20.9 Å². The Kier molecular flexibility index (Phi) is 9.28. The molecule has 7 nitrogen and oxygen atoms in total. The van der Waals surface area contributed by atoms with Crippen LogP contribution in [0, 0.1) is 0 Å². The molecule has 0 aliphatic carbocycles. The quantitative estimate of drug-likeness (QED) is 0.414. The number of hydrogen-bond acceptors (Lipinski definition) is 4. The fraction of sp³-hybridized carbons (Fsp3) is 0.364. The van der Waals surface area contributed by atoms with Crippen molar-refractivity contribution >= 4 is 29.2 Å². The molecule has 0 saturated carbocycles. The first-order chi connectivity index (χ1) is 14.4. The number of carbonyl (C=O) groups is 1. The molecule has 162 valence electrons. The third-order valence-electron chi connectivity index (χ3n) is 4.05. The molecule has 2 aromatic carbocycles. The zero-order valence-corrected chi connectivity index (χ0v) is 18.5. The lowest BCUT2D eigenvalue weighted by atomic mass is 10.2. The van der Waals surface area contributed by atoms with Crippen LogP contribution in [0.4, 0.5) is 5.69 Å². The largest absolute Gasteiger partial charge is 0.495 e. The molecule has 1 atom stereocenters. The van der Waals surface area contributed by atoms with Crippen molar-refractivity contribution < 1.29 is 14.3 Å². The summed E-state index contributed by atoms with van der Waals surface area (Å²) in [5.41, 5.74) is 1.57. The van der Waals surface area contributed by atoms with E-state index in [1.54, 1.807) is 19.2 Å². The normalized spacial score (nSPS) is 12.1. The molecule has 1 amide bonds. The number of hydrogen-bond donors (Lipinski definition) is 3. The van der Waals surface area contributed by atoms with E-state index in [-0.39, 0.29) is 12.0 Å². The minimum Gasteiger partial charge on any atom is -0.495 e. The molecule has 0 aromatic heterocycles.